The first kappa shape index (κ1) is 9.62. The van der Waals surface area contributed by atoms with Gasteiger partial charge in [0.2, 0.25) is 0 Å². The van der Waals surface area contributed by atoms with Gasteiger partial charge in [0.15, 0.2) is 0 Å². The van der Waals surface area contributed by atoms with Gasteiger partial charge >= 0.3 is 0 Å². The van der Waals surface area contributed by atoms with E-state index in [0.29, 0.717) is 13.1 Å². The zero-order valence-electron chi connectivity index (χ0n) is 6.34. The van der Waals surface area contributed by atoms with E-state index in [1.165, 1.54) is 0 Å². The molecule has 0 saturated carbocycles. The summed E-state index contributed by atoms with van der Waals surface area (Å²) in [5, 5.41) is 0. The van der Waals surface area contributed by atoms with Crippen molar-refractivity contribution in [1.82, 2.24) is 0 Å². The minimum absolute atomic E-state index is 0.344. The zero-order valence-corrected chi connectivity index (χ0v) is 6.34. The molecule has 10 heavy (non-hydrogen) atoms. The van der Waals surface area contributed by atoms with Crippen molar-refractivity contribution in [2.24, 2.45) is 17.2 Å². The summed E-state index contributed by atoms with van der Waals surface area (Å²) < 4.78 is 0. The fraction of sp³-hybridized carbons (Fsp3) is 0.714. The van der Waals surface area contributed by atoms with Crippen LogP contribution >= 0.6 is 0 Å². The van der Waals surface area contributed by atoms with Crippen LogP contribution in [-0.4, -0.2) is 18.6 Å². The first-order valence-electron chi connectivity index (χ1n) is 3.51. The Bertz CT molecular complexity index is 95.0. The average Bonchev–Trinajstić information content (AvgIpc) is 1.89. The summed E-state index contributed by atoms with van der Waals surface area (Å²) in [6.45, 7) is 4.81. The van der Waals surface area contributed by atoms with Gasteiger partial charge in [-0.15, -0.1) is 6.58 Å². The molecule has 0 heterocycles. The molecular formula is C7H17N3. The molecule has 0 unspecified atom stereocenters. The van der Waals surface area contributed by atoms with Crippen molar-refractivity contribution in [1.29, 1.82) is 0 Å². The van der Waals surface area contributed by atoms with Gasteiger partial charge in [0.1, 0.15) is 0 Å². The summed E-state index contributed by atoms with van der Waals surface area (Å²) in [6, 6.07) is 0. The van der Waals surface area contributed by atoms with Crippen molar-refractivity contribution >= 4 is 0 Å². The number of nitrogens with two attached hydrogens (primary N) is 3. The highest BCUT2D eigenvalue weighted by Gasteiger charge is 2.17. The molecule has 0 aliphatic rings. The molecule has 0 amide bonds. The molecule has 0 rings (SSSR count). The highest BCUT2D eigenvalue weighted by atomic mass is 14.8. The van der Waals surface area contributed by atoms with Crippen LogP contribution < -0.4 is 17.2 Å². The highest BCUT2D eigenvalue weighted by molar-refractivity contribution is 5.00. The molecule has 0 saturated heterocycles. The first-order chi connectivity index (χ1) is 4.68. The number of hydrogen-bond acceptors (Lipinski definition) is 3. The molecule has 3 heteroatoms. The van der Waals surface area contributed by atoms with Crippen molar-refractivity contribution in [3.63, 3.8) is 0 Å². The molecule has 0 aromatic heterocycles. The predicted molar refractivity (Wildman–Crippen MR) is 44.5 cm³/mol. The van der Waals surface area contributed by atoms with Gasteiger partial charge in [-0.1, -0.05) is 6.08 Å². The Kier molecular flexibility index (Phi) is 4.27. The SMILES string of the molecule is C=CC(N)(CCN)CCN. The second kappa shape index (κ2) is 4.44. The van der Waals surface area contributed by atoms with Gasteiger partial charge in [-0.25, -0.2) is 0 Å². The van der Waals surface area contributed by atoms with Crippen LogP contribution in [0.3, 0.4) is 0 Å². The minimum atomic E-state index is -0.344. The van der Waals surface area contributed by atoms with E-state index in [1.54, 1.807) is 6.08 Å². The molecule has 0 bridgehead atoms. The maximum absolute atomic E-state index is 5.84. The lowest BCUT2D eigenvalue weighted by Crippen LogP contribution is -2.41. The van der Waals surface area contributed by atoms with Crippen LogP contribution in [0.25, 0.3) is 0 Å². The monoisotopic (exact) mass is 143 g/mol. The molecule has 0 fully saturated rings. The fourth-order valence-electron chi connectivity index (χ4n) is 0.867. The Hall–Kier alpha value is -0.380. The van der Waals surface area contributed by atoms with E-state index in [-0.39, 0.29) is 5.54 Å². The smallest absolute Gasteiger partial charge is 0.0360 e. The van der Waals surface area contributed by atoms with Crippen LogP contribution in [0.15, 0.2) is 12.7 Å². The molecular weight excluding hydrogens is 126 g/mol. The van der Waals surface area contributed by atoms with Gasteiger partial charge in [0.05, 0.1) is 0 Å². The molecule has 0 spiro atoms. The van der Waals surface area contributed by atoms with E-state index in [1.807, 2.05) is 0 Å². The lowest BCUT2D eigenvalue weighted by molar-refractivity contribution is 0.464. The Morgan fingerprint density at radius 2 is 1.60 bits per heavy atom. The molecule has 6 N–H and O–H groups in total. The summed E-state index contributed by atoms with van der Waals surface area (Å²) in [5.41, 5.74) is 16.2. The highest BCUT2D eigenvalue weighted by Crippen LogP contribution is 2.10. The Balaban J connectivity index is 3.81. The van der Waals surface area contributed by atoms with Gasteiger partial charge in [0, 0.05) is 5.54 Å². The van der Waals surface area contributed by atoms with Crippen molar-refractivity contribution in [2.45, 2.75) is 18.4 Å². The van der Waals surface area contributed by atoms with Gasteiger partial charge in [0.25, 0.3) is 0 Å². The molecule has 0 aromatic carbocycles. The summed E-state index contributed by atoms with van der Waals surface area (Å²) in [7, 11) is 0. The molecule has 0 aliphatic heterocycles. The van der Waals surface area contributed by atoms with Gasteiger partial charge in [-0.05, 0) is 25.9 Å². The zero-order chi connectivity index (χ0) is 8.04. The largest absolute Gasteiger partial charge is 0.330 e. The summed E-state index contributed by atoms with van der Waals surface area (Å²) >= 11 is 0. The third-order valence-corrected chi connectivity index (χ3v) is 1.63. The number of hydrogen-bond donors (Lipinski definition) is 3. The molecule has 0 atom stereocenters. The van der Waals surface area contributed by atoms with E-state index in [0.717, 1.165) is 12.8 Å². The van der Waals surface area contributed by atoms with E-state index in [4.69, 9.17) is 17.2 Å². The van der Waals surface area contributed by atoms with E-state index in [9.17, 15) is 0 Å². The Morgan fingerprint density at radius 1 is 1.20 bits per heavy atom. The summed E-state index contributed by atoms with van der Waals surface area (Å²) in [5.74, 6) is 0. The van der Waals surface area contributed by atoms with Crippen LogP contribution in [0.5, 0.6) is 0 Å². The molecule has 60 valence electrons. The van der Waals surface area contributed by atoms with E-state index in [2.05, 4.69) is 6.58 Å². The normalized spacial score (nSPS) is 11.5. The van der Waals surface area contributed by atoms with Gasteiger partial charge in [-0.2, -0.15) is 0 Å². The second-order valence-corrected chi connectivity index (χ2v) is 2.51. The average molecular weight is 143 g/mol. The topological polar surface area (TPSA) is 78.1 Å². The third-order valence-electron chi connectivity index (χ3n) is 1.63. The molecule has 0 aromatic rings. The van der Waals surface area contributed by atoms with Crippen LogP contribution in [0.2, 0.25) is 0 Å². The Morgan fingerprint density at radius 3 is 1.80 bits per heavy atom. The molecule has 3 nitrogen and oxygen atoms in total. The summed E-state index contributed by atoms with van der Waals surface area (Å²) in [4.78, 5) is 0. The fourth-order valence-corrected chi connectivity index (χ4v) is 0.867. The maximum atomic E-state index is 5.84. The predicted octanol–water partition coefficient (Wildman–Crippen LogP) is -0.432. The van der Waals surface area contributed by atoms with Crippen LogP contribution in [-0.2, 0) is 0 Å². The van der Waals surface area contributed by atoms with Crippen LogP contribution in [0.4, 0.5) is 0 Å². The van der Waals surface area contributed by atoms with Crippen molar-refractivity contribution in [2.75, 3.05) is 13.1 Å². The summed E-state index contributed by atoms with van der Waals surface area (Å²) in [6.07, 6.45) is 3.24. The minimum Gasteiger partial charge on any atom is -0.330 e. The van der Waals surface area contributed by atoms with Crippen molar-refractivity contribution in [3.8, 4) is 0 Å². The third kappa shape index (κ3) is 2.96. The van der Waals surface area contributed by atoms with Crippen molar-refractivity contribution in [3.05, 3.63) is 12.7 Å². The van der Waals surface area contributed by atoms with Crippen LogP contribution in [0, 0.1) is 0 Å². The molecule has 0 aliphatic carbocycles. The van der Waals surface area contributed by atoms with Gasteiger partial charge < -0.3 is 17.2 Å². The second-order valence-electron chi connectivity index (χ2n) is 2.51. The lowest BCUT2D eigenvalue weighted by atomic mass is 9.93. The van der Waals surface area contributed by atoms with Crippen molar-refractivity contribution < 1.29 is 0 Å². The van der Waals surface area contributed by atoms with E-state index < -0.39 is 0 Å². The van der Waals surface area contributed by atoms with E-state index >= 15 is 0 Å². The maximum Gasteiger partial charge on any atom is 0.0360 e. The Labute approximate surface area is 62.3 Å². The first-order valence-corrected chi connectivity index (χ1v) is 3.51. The van der Waals surface area contributed by atoms with Crippen LogP contribution in [0.1, 0.15) is 12.8 Å². The lowest BCUT2D eigenvalue weighted by Gasteiger charge is -2.23. The standard InChI is InChI=1S/C7H17N3/c1-2-7(10,3-5-8)4-6-9/h2H,1,3-6,8-10H2. The van der Waals surface area contributed by atoms with Gasteiger partial charge in [-0.3, -0.25) is 0 Å². The number of rotatable bonds is 5. The quantitative estimate of drug-likeness (QED) is 0.457. The molecule has 0 radical (unpaired) electrons.